The lowest BCUT2D eigenvalue weighted by Crippen LogP contribution is -2.23. The summed E-state index contributed by atoms with van der Waals surface area (Å²) in [4.78, 5) is 36.0. The molecule has 0 bridgehead atoms. The minimum atomic E-state index is -0.456. The van der Waals surface area contributed by atoms with Gasteiger partial charge in [-0.3, -0.25) is 14.4 Å². The number of hydrogen-bond donors (Lipinski definition) is 2. The Balaban J connectivity index is 2.17. The average Bonchev–Trinajstić information content (AvgIpc) is 2.64. The molecule has 0 aromatic heterocycles. The number of para-hydroxylation sites is 2. The van der Waals surface area contributed by atoms with E-state index < -0.39 is 5.97 Å². The van der Waals surface area contributed by atoms with Gasteiger partial charge in [0.2, 0.25) is 5.91 Å². The number of esters is 1. The monoisotopic (exact) mass is 368 g/mol. The van der Waals surface area contributed by atoms with Gasteiger partial charge in [-0.1, -0.05) is 32.0 Å². The van der Waals surface area contributed by atoms with E-state index in [1.54, 1.807) is 42.5 Å². The first-order valence-electron chi connectivity index (χ1n) is 8.94. The van der Waals surface area contributed by atoms with Crippen molar-refractivity contribution >= 4 is 29.2 Å². The fourth-order valence-electron chi connectivity index (χ4n) is 2.66. The maximum Gasteiger partial charge on any atom is 0.308 e. The van der Waals surface area contributed by atoms with Crippen molar-refractivity contribution in [1.82, 2.24) is 0 Å². The van der Waals surface area contributed by atoms with Crippen molar-refractivity contribution in [3.63, 3.8) is 0 Å². The molecule has 2 rings (SSSR count). The fraction of sp³-hybridized carbons (Fsp3) is 0.286. The predicted octanol–water partition coefficient (Wildman–Crippen LogP) is 4.24. The van der Waals surface area contributed by atoms with Crippen molar-refractivity contribution in [2.24, 2.45) is 5.92 Å². The summed E-state index contributed by atoms with van der Waals surface area (Å²) in [6.07, 6.45) is 1.50. The average molecular weight is 368 g/mol. The van der Waals surface area contributed by atoms with Gasteiger partial charge in [-0.2, -0.15) is 0 Å². The summed E-state index contributed by atoms with van der Waals surface area (Å²) in [6.45, 7) is 5.24. The van der Waals surface area contributed by atoms with Crippen molar-refractivity contribution in [2.75, 3.05) is 10.6 Å². The van der Waals surface area contributed by atoms with Gasteiger partial charge >= 0.3 is 5.97 Å². The Morgan fingerprint density at radius 1 is 0.926 bits per heavy atom. The van der Waals surface area contributed by atoms with Gasteiger partial charge in [-0.15, -0.1) is 0 Å². The van der Waals surface area contributed by atoms with Crippen LogP contribution < -0.4 is 15.4 Å². The van der Waals surface area contributed by atoms with Gasteiger partial charge in [-0.05, 0) is 43.2 Å². The van der Waals surface area contributed by atoms with Crippen LogP contribution in [-0.4, -0.2) is 17.8 Å². The van der Waals surface area contributed by atoms with E-state index in [0.717, 1.165) is 12.8 Å². The van der Waals surface area contributed by atoms with E-state index in [1.165, 1.54) is 13.0 Å². The third-order valence-corrected chi connectivity index (χ3v) is 4.15. The van der Waals surface area contributed by atoms with Crippen molar-refractivity contribution in [1.29, 1.82) is 0 Å². The van der Waals surface area contributed by atoms with Crippen LogP contribution >= 0.6 is 0 Å². The molecule has 0 radical (unpaired) electrons. The van der Waals surface area contributed by atoms with Gasteiger partial charge in [0.15, 0.2) is 0 Å². The first kappa shape index (κ1) is 20.2. The van der Waals surface area contributed by atoms with Crippen LogP contribution in [0.2, 0.25) is 0 Å². The Morgan fingerprint density at radius 3 is 2.15 bits per heavy atom. The first-order valence-corrected chi connectivity index (χ1v) is 8.94. The van der Waals surface area contributed by atoms with E-state index in [0.29, 0.717) is 22.7 Å². The molecule has 0 unspecified atom stereocenters. The summed E-state index contributed by atoms with van der Waals surface area (Å²) in [6, 6.07) is 13.4. The number of ether oxygens (including phenoxy) is 1. The molecule has 0 saturated carbocycles. The number of rotatable bonds is 7. The van der Waals surface area contributed by atoms with E-state index in [1.807, 2.05) is 13.8 Å². The summed E-state index contributed by atoms with van der Waals surface area (Å²) < 4.78 is 5.01. The molecular formula is C21H24N2O4. The molecule has 6 nitrogen and oxygen atoms in total. The molecule has 0 saturated heterocycles. The van der Waals surface area contributed by atoms with Crippen molar-refractivity contribution < 1.29 is 19.1 Å². The third-order valence-electron chi connectivity index (χ3n) is 4.15. The van der Waals surface area contributed by atoms with E-state index in [9.17, 15) is 14.4 Å². The van der Waals surface area contributed by atoms with Crippen molar-refractivity contribution in [3.05, 3.63) is 54.1 Å². The Kier molecular flexibility index (Phi) is 7.11. The van der Waals surface area contributed by atoms with E-state index in [2.05, 4.69) is 10.6 Å². The summed E-state index contributed by atoms with van der Waals surface area (Å²) in [5.41, 5.74) is 1.38. The van der Waals surface area contributed by atoms with Crippen LogP contribution in [0.4, 0.5) is 11.4 Å². The highest BCUT2D eigenvalue weighted by Gasteiger charge is 2.16. The number of carbonyl (C=O) groups excluding carboxylic acids is 3. The molecule has 142 valence electrons. The summed E-state index contributed by atoms with van der Waals surface area (Å²) in [5, 5.41) is 5.68. The number of benzene rings is 2. The predicted molar refractivity (Wildman–Crippen MR) is 105 cm³/mol. The van der Waals surface area contributed by atoms with Gasteiger partial charge in [-0.25, -0.2) is 0 Å². The second-order valence-electron chi connectivity index (χ2n) is 6.12. The zero-order valence-corrected chi connectivity index (χ0v) is 15.7. The molecule has 6 heteroatoms. The highest BCUT2D eigenvalue weighted by atomic mass is 16.5. The van der Waals surface area contributed by atoms with Crippen molar-refractivity contribution in [3.8, 4) is 5.75 Å². The van der Waals surface area contributed by atoms with Crippen LogP contribution in [0.1, 0.15) is 44.0 Å². The van der Waals surface area contributed by atoms with Crippen LogP contribution in [0.3, 0.4) is 0 Å². The van der Waals surface area contributed by atoms with E-state index >= 15 is 0 Å². The Hall–Kier alpha value is -3.15. The molecule has 0 aliphatic carbocycles. The maximum absolute atomic E-state index is 12.6. The van der Waals surface area contributed by atoms with Crippen LogP contribution in [0, 0.1) is 5.92 Å². The summed E-state index contributed by atoms with van der Waals surface area (Å²) in [7, 11) is 0. The van der Waals surface area contributed by atoms with Gasteiger partial charge in [0.1, 0.15) is 5.75 Å². The number of hydrogen-bond acceptors (Lipinski definition) is 4. The van der Waals surface area contributed by atoms with E-state index in [-0.39, 0.29) is 17.7 Å². The van der Waals surface area contributed by atoms with Crippen LogP contribution in [0.25, 0.3) is 0 Å². The molecule has 0 fully saturated rings. The highest BCUT2D eigenvalue weighted by molar-refractivity contribution is 6.07. The van der Waals surface area contributed by atoms with Crippen molar-refractivity contribution in [2.45, 2.75) is 33.6 Å². The zero-order chi connectivity index (χ0) is 19.8. The summed E-state index contributed by atoms with van der Waals surface area (Å²) >= 11 is 0. The lowest BCUT2D eigenvalue weighted by atomic mass is 10.0. The number of anilines is 2. The molecule has 0 aliphatic rings. The smallest absolute Gasteiger partial charge is 0.308 e. The zero-order valence-electron chi connectivity index (χ0n) is 15.7. The molecule has 0 aliphatic heterocycles. The molecule has 2 N–H and O–H groups in total. The van der Waals surface area contributed by atoms with E-state index in [4.69, 9.17) is 4.74 Å². The molecule has 0 spiro atoms. The number of nitrogens with one attached hydrogen (secondary N) is 2. The van der Waals surface area contributed by atoms with Crippen LogP contribution in [0.5, 0.6) is 5.75 Å². The van der Waals surface area contributed by atoms with Crippen LogP contribution in [0.15, 0.2) is 48.5 Å². The minimum absolute atomic E-state index is 0.0708. The third kappa shape index (κ3) is 5.67. The number of amides is 2. The van der Waals surface area contributed by atoms with Gasteiger partial charge < -0.3 is 15.4 Å². The molecule has 2 amide bonds. The van der Waals surface area contributed by atoms with Gasteiger partial charge in [0.25, 0.3) is 5.91 Å². The molecule has 2 aromatic carbocycles. The van der Waals surface area contributed by atoms with Gasteiger partial charge in [0, 0.05) is 18.4 Å². The second kappa shape index (κ2) is 9.52. The van der Waals surface area contributed by atoms with Gasteiger partial charge in [0.05, 0.1) is 11.4 Å². The Morgan fingerprint density at radius 2 is 1.56 bits per heavy atom. The molecule has 0 heterocycles. The topological polar surface area (TPSA) is 84.5 Å². The molecule has 0 atom stereocenters. The standard InChI is InChI=1S/C21H24N2O4/c1-4-15(5-2)20(25)22-18-11-6-7-12-19(18)23-21(26)16-9-8-10-17(13-16)27-14(3)24/h6-13,15H,4-5H2,1-3H3,(H,22,25)(H,23,26). The summed E-state index contributed by atoms with van der Waals surface area (Å²) in [5.74, 6) is -0.673. The Labute approximate surface area is 158 Å². The maximum atomic E-state index is 12.6. The minimum Gasteiger partial charge on any atom is -0.427 e. The molecular weight excluding hydrogens is 344 g/mol. The lowest BCUT2D eigenvalue weighted by molar-refractivity contribution is -0.131. The quantitative estimate of drug-likeness (QED) is 0.565. The number of carbonyl (C=O) groups is 3. The molecule has 2 aromatic rings. The SMILES string of the molecule is CCC(CC)C(=O)Nc1ccccc1NC(=O)c1cccc(OC(C)=O)c1. The fourth-order valence-corrected chi connectivity index (χ4v) is 2.66. The largest absolute Gasteiger partial charge is 0.427 e. The molecule has 27 heavy (non-hydrogen) atoms. The lowest BCUT2D eigenvalue weighted by Gasteiger charge is -2.16. The second-order valence-corrected chi connectivity index (χ2v) is 6.12. The first-order chi connectivity index (χ1) is 12.9. The normalized spacial score (nSPS) is 10.4. The van der Waals surface area contributed by atoms with Crippen LogP contribution in [-0.2, 0) is 9.59 Å². The Bertz CT molecular complexity index is 828. The highest BCUT2D eigenvalue weighted by Crippen LogP contribution is 2.24.